The molecule has 0 aliphatic carbocycles. The molecule has 7 nitrogen and oxygen atoms in total. The molecule has 1 heterocycles. The van der Waals surface area contributed by atoms with E-state index in [-0.39, 0.29) is 6.61 Å². The third kappa shape index (κ3) is 7.05. The molecule has 0 radical (unpaired) electrons. The van der Waals surface area contributed by atoms with E-state index in [1.807, 2.05) is 0 Å². The van der Waals surface area contributed by atoms with Gasteiger partial charge in [-0.25, -0.2) is 9.78 Å². The third-order valence-electron chi connectivity index (χ3n) is 2.44. The van der Waals surface area contributed by atoms with E-state index < -0.39 is 16.1 Å². The third-order valence-corrected chi connectivity index (χ3v) is 3.03. The van der Waals surface area contributed by atoms with Gasteiger partial charge in [0.2, 0.25) is 5.88 Å². The summed E-state index contributed by atoms with van der Waals surface area (Å²) in [6.45, 7) is 2.22. The van der Waals surface area contributed by atoms with Gasteiger partial charge in [0.15, 0.2) is 0 Å². The van der Waals surface area contributed by atoms with Crippen LogP contribution in [0, 0.1) is 6.92 Å². The van der Waals surface area contributed by atoms with Gasteiger partial charge in [-0.05, 0) is 25.8 Å². The van der Waals surface area contributed by atoms with E-state index in [1.54, 1.807) is 13.0 Å². The second-order valence-electron chi connectivity index (χ2n) is 4.41. The summed E-state index contributed by atoms with van der Waals surface area (Å²) in [5.74, 6) is -0.119. The van der Waals surface area contributed by atoms with Crippen LogP contribution in [0.4, 0.5) is 0 Å². The number of rotatable bonds is 8. The van der Waals surface area contributed by atoms with Gasteiger partial charge in [0.1, 0.15) is 0 Å². The van der Waals surface area contributed by atoms with Gasteiger partial charge < -0.3 is 9.47 Å². The highest BCUT2D eigenvalue weighted by molar-refractivity contribution is 7.85. The van der Waals surface area contributed by atoms with E-state index in [9.17, 15) is 13.2 Å². The molecule has 0 aromatic carbocycles. The zero-order valence-corrected chi connectivity index (χ0v) is 13.1. The Balaban J connectivity index is 2.42. The summed E-state index contributed by atoms with van der Waals surface area (Å²) in [6, 6.07) is 3.12. The van der Waals surface area contributed by atoms with Gasteiger partial charge in [-0.15, -0.1) is 0 Å². The number of unbranched alkanes of at least 4 members (excludes halogenated alkanes) is 1. The van der Waals surface area contributed by atoms with E-state index in [4.69, 9.17) is 4.74 Å². The van der Waals surface area contributed by atoms with Gasteiger partial charge in [-0.2, -0.15) is 8.42 Å². The van der Waals surface area contributed by atoms with Crippen LogP contribution in [0.25, 0.3) is 0 Å². The summed E-state index contributed by atoms with van der Waals surface area (Å²) in [4.78, 5) is 15.6. The Hall–Kier alpha value is -1.67. The van der Waals surface area contributed by atoms with E-state index in [0.29, 0.717) is 36.6 Å². The Morgan fingerprint density at radius 1 is 1.24 bits per heavy atom. The Kier molecular flexibility index (Phi) is 6.57. The number of hydrogen-bond acceptors (Lipinski definition) is 7. The van der Waals surface area contributed by atoms with Crippen molar-refractivity contribution < 1.29 is 26.9 Å². The summed E-state index contributed by atoms with van der Waals surface area (Å²) in [5, 5.41) is 0. The standard InChI is InChI=1S/C13H19NO6S/c1-10-8-11(13(15)18-2)9-12(14-10)19-6-4-5-7-20-21(3,16)17/h8-9H,4-7H2,1-3H3. The van der Waals surface area contributed by atoms with Gasteiger partial charge in [0.05, 0.1) is 32.1 Å². The van der Waals surface area contributed by atoms with Crippen molar-refractivity contribution >= 4 is 16.1 Å². The molecule has 21 heavy (non-hydrogen) atoms. The van der Waals surface area contributed by atoms with E-state index in [1.165, 1.54) is 13.2 Å². The van der Waals surface area contributed by atoms with Crippen molar-refractivity contribution in [3.63, 3.8) is 0 Å². The Bertz CT molecular complexity index is 584. The quantitative estimate of drug-likeness (QED) is 0.405. The maximum atomic E-state index is 11.4. The molecule has 0 N–H and O–H groups in total. The first-order valence-electron chi connectivity index (χ1n) is 6.36. The van der Waals surface area contributed by atoms with Crippen LogP contribution in [-0.2, 0) is 19.0 Å². The lowest BCUT2D eigenvalue weighted by Gasteiger charge is -2.08. The molecule has 8 heteroatoms. The van der Waals surface area contributed by atoms with Gasteiger partial charge in [0, 0.05) is 11.8 Å². The molecule has 0 unspecified atom stereocenters. The number of carbonyl (C=O) groups excluding carboxylic acids is 1. The lowest BCUT2D eigenvalue weighted by atomic mass is 10.2. The molecular formula is C13H19NO6S. The molecule has 0 saturated heterocycles. The molecule has 0 spiro atoms. The van der Waals surface area contributed by atoms with Crippen LogP contribution in [0.15, 0.2) is 12.1 Å². The zero-order chi connectivity index (χ0) is 15.9. The first-order chi connectivity index (χ1) is 9.81. The number of nitrogens with zero attached hydrogens (tertiary/aromatic N) is 1. The molecule has 118 valence electrons. The number of pyridine rings is 1. The minimum atomic E-state index is -3.39. The SMILES string of the molecule is COC(=O)c1cc(C)nc(OCCCCOS(C)(=O)=O)c1. The number of carbonyl (C=O) groups is 1. The minimum absolute atomic E-state index is 0.122. The molecule has 0 aliphatic heterocycles. The van der Waals surface area contributed by atoms with Gasteiger partial charge in [-0.3, -0.25) is 4.18 Å². The number of methoxy groups -OCH3 is 1. The fourth-order valence-electron chi connectivity index (χ4n) is 1.54. The molecular weight excluding hydrogens is 298 g/mol. The Morgan fingerprint density at radius 2 is 1.90 bits per heavy atom. The van der Waals surface area contributed by atoms with Gasteiger partial charge in [-0.1, -0.05) is 0 Å². The number of hydrogen-bond donors (Lipinski definition) is 0. The second kappa shape index (κ2) is 7.94. The largest absolute Gasteiger partial charge is 0.478 e. The number of aryl methyl sites for hydroxylation is 1. The van der Waals surface area contributed by atoms with Gasteiger partial charge in [0.25, 0.3) is 10.1 Å². The zero-order valence-electron chi connectivity index (χ0n) is 12.3. The minimum Gasteiger partial charge on any atom is -0.478 e. The van der Waals surface area contributed by atoms with E-state index in [2.05, 4.69) is 13.9 Å². The van der Waals surface area contributed by atoms with E-state index in [0.717, 1.165) is 6.26 Å². The first kappa shape index (κ1) is 17.4. The lowest BCUT2D eigenvalue weighted by Crippen LogP contribution is -2.07. The lowest BCUT2D eigenvalue weighted by molar-refractivity contribution is 0.0600. The van der Waals surface area contributed by atoms with Crippen LogP contribution in [0.3, 0.4) is 0 Å². The molecule has 0 aliphatic rings. The van der Waals surface area contributed by atoms with E-state index >= 15 is 0 Å². The van der Waals surface area contributed by atoms with Crippen LogP contribution in [0.2, 0.25) is 0 Å². The normalized spacial score (nSPS) is 11.2. The van der Waals surface area contributed by atoms with Crippen molar-refractivity contribution in [2.75, 3.05) is 26.6 Å². The monoisotopic (exact) mass is 317 g/mol. The Labute approximate surface area is 124 Å². The molecule has 0 fully saturated rings. The maximum absolute atomic E-state index is 11.4. The van der Waals surface area contributed by atoms with Gasteiger partial charge >= 0.3 is 5.97 Å². The van der Waals surface area contributed by atoms with Crippen LogP contribution in [0.5, 0.6) is 5.88 Å². The fraction of sp³-hybridized carbons (Fsp3) is 0.538. The fourth-order valence-corrected chi connectivity index (χ4v) is 1.96. The maximum Gasteiger partial charge on any atom is 0.338 e. The van der Waals surface area contributed by atoms with Crippen LogP contribution in [-0.4, -0.2) is 46.0 Å². The van der Waals surface area contributed by atoms with Crippen molar-refractivity contribution in [1.82, 2.24) is 4.98 Å². The highest BCUT2D eigenvalue weighted by Crippen LogP contribution is 2.13. The van der Waals surface area contributed by atoms with Crippen LogP contribution >= 0.6 is 0 Å². The van der Waals surface area contributed by atoms with Crippen molar-refractivity contribution in [1.29, 1.82) is 0 Å². The van der Waals surface area contributed by atoms with Crippen molar-refractivity contribution in [3.05, 3.63) is 23.4 Å². The topological polar surface area (TPSA) is 91.8 Å². The van der Waals surface area contributed by atoms with Crippen molar-refractivity contribution in [2.24, 2.45) is 0 Å². The summed E-state index contributed by atoms with van der Waals surface area (Å²) in [6.07, 6.45) is 2.16. The summed E-state index contributed by atoms with van der Waals surface area (Å²) in [5.41, 5.74) is 1.02. The highest BCUT2D eigenvalue weighted by atomic mass is 32.2. The summed E-state index contributed by atoms with van der Waals surface area (Å²) >= 11 is 0. The summed E-state index contributed by atoms with van der Waals surface area (Å²) < 4.78 is 36.2. The predicted octanol–water partition coefficient (Wildman–Crippen LogP) is 1.31. The smallest absolute Gasteiger partial charge is 0.338 e. The average Bonchev–Trinajstić information content (AvgIpc) is 2.40. The Morgan fingerprint density at radius 3 is 2.52 bits per heavy atom. The van der Waals surface area contributed by atoms with Crippen LogP contribution in [0.1, 0.15) is 28.9 Å². The molecule has 1 aromatic rings. The van der Waals surface area contributed by atoms with Crippen LogP contribution < -0.4 is 4.74 Å². The molecule has 1 aromatic heterocycles. The molecule has 0 saturated carbocycles. The number of ether oxygens (including phenoxy) is 2. The predicted molar refractivity (Wildman–Crippen MR) is 75.8 cm³/mol. The average molecular weight is 317 g/mol. The molecule has 0 atom stereocenters. The first-order valence-corrected chi connectivity index (χ1v) is 8.17. The number of esters is 1. The van der Waals surface area contributed by atoms with Crippen molar-refractivity contribution in [2.45, 2.75) is 19.8 Å². The molecule has 0 amide bonds. The highest BCUT2D eigenvalue weighted by Gasteiger charge is 2.09. The second-order valence-corrected chi connectivity index (χ2v) is 6.05. The molecule has 0 bridgehead atoms. The molecule has 1 rings (SSSR count). The summed E-state index contributed by atoms with van der Waals surface area (Å²) in [7, 11) is -2.09. The van der Waals surface area contributed by atoms with Crippen molar-refractivity contribution in [3.8, 4) is 5.88 Å². The number of aromatic nitrogens is 1.